The second-order valence-corrected chi connectivity index (χ2v) is 4.92. The van der Waals surface area contributed by atoms with Crippen molar-refractivity contribution in [1.29, 1.82) is 0 Å². The van der Waals surface area contributed by atoms with Gasteiger partial charge in [-0.25, -0.2) is 4.39 Å². The molecule has 0 heterocycles. The predicted molar refractivity (Wildman–Crippen MR) is 63.1 cm³/mol. The zero-order valence-corrected chi connectivity index (χ0v) is 9.88. The van der Waals surface area contributed by atoms with Gasteiger partial charge >= 0.3 is 0 Å². The highest BCUT2D eigenvalue weighted by Gasteiger charge is 2.24. The summed E-state index contributed by atoms with van der Waals surface area (Å²) in [4.78, 5) is 0. The quantitative estimate of drug-likeness (QED) is 0.841. The molecule has 1 N–H and O–H groups in total. The molecule has 1 nitrogen and oxygen atoms in total. The van der Waals surface area contributed by atoms with E-state index in [1.54, 1.807) is 12.1 Å². The summed E-state index contributed by atoms with van der Waals surface area (Å²) in [6.07, 6.45) is 4.23. The number of hydrogen-bond acceptors (Lipinski definition) is 1. The summed E-state index contributed by atoms with van der Waals surface area (Å²) in [6, 6.07) is 4.74. The van der Waals surface area contributed by atoms with Crippen LogP contribution in [0.15, 0.2) is 18.2 Å². The Bertz CT molecular complexity index is 347. The highest BCUT2D eigenvalue weighted by atomic mass is 35.5. The van der Waals surface area contributed by atoms with E-state index < -0.39 is 0 Å². The minimum Gasteiger partial charge on any atom is -0.393 e. The van der Waals surface area contributed by atoms with Gasteiger partial charge in [0.1, 0.15) is 5.82 Å². The van der Waals surface area contributed by atoms with E-state index in [2.05, 4.69) is 0 Å². The van der Waals surface area contributed by atoms with E-state index in [1.807, 2.05) is 0 Å². The SMILES string of the molecule is OC1CCCCC1Cc1c(F)cccc1Cl. The fraction of sp³-hybridized carbons (Fsp3) is 0.538. The third-order valence-corrected chi connectivity index (χ3v) is 3.75. The van der Waals surface area contributed by atoms with Crippen molar-refractivity contribution in [3.63, 3.8) is 0 Å². The van der Waals surface area contributed by atoms with Crippen molar-refractivity contribution in [3.05, 3.63) is 34.6 Å². The summed E-state index contributed by atoms with van der Waals surface area (Å²) in [5.41, 5.74) is 0.551. The summed E-state index contributed by atoms with van der Waals surface area (Å²) in [6.45, 7) is 0. The van der Waals surface area contributed by atoms with Crippen LogP contribution >= 0.6 is 11.6 Å². The van der Waals surface area contributed by atoms with Crippen LogP contribution in [0.2, 0.25) is 5.02 Å². The maximum atomic E-state index is 13.6. The van der Waals surface area contributed by atoms with E-state index in [9.17, 15) is 9.50 Å². The Labute approximate surface area is 100 Å². The fourth-order valence-corrected chi connectivity index (χ4v) is 2.66. The molecule has 2 rings (SSSR count). The molecule has 0 aromatic heterocycles. The summed E-state index contributed by atoms with van der Waals surface area (Å²) in [5.74, 6) is -0.103. The van der Waals surface area contributed by atoms with E-state index in [0.717, 1.165) is 25.7 Å². The van der Waals surface area contributed by atoms with Gasteiger partial charge in [-0.2, -0.15) is 0 Å². The summed E-state index contributed by atoms with van der Waals surface area (Å²) >= 11 is 5.97. The monoisotopic (exact) mass is 242 g/mol. The van der Waals surface area contributed by atoms with Crippen molar-refractivity contribution in [1.82, 2.24) is 0 Å². The van der Waals surface area contributed by atoms with Crippen molar-refractivity contribution in [3.8, 4) is 0 Å². The van der Waals surface area contributed by atoms with Crippen molar-refractivity contribution < 1.29 is 9.50 Å². The van der Waals surface area contributed by atoms with Crippen LogP contribution in [0.4, 0.5) is 4.39 Å². The van der Waals surface area contributed by atoms with Crippen LogP contribution in [0, 0.1) is 11.7 Å². The Morgan fingerprint density at radius 3 is 2.75 bits per heavy atom. The van der Waals surface area contributed by atoms with Crippen LogP contribution in [0.1, 0.15) is 31.2 Å². The maximum Gasteiger partial charge on any atom is 0.127 e. The standard InChI is InChI=1S/C13H16ClFO/c14-11-5-3-6-12(15)10(11)8-9-4-1-2-7-13(9)16/h3,5-6,9,13,16H,1-2,4,7-8H2. The molecule has 1 fully saturated rings. The molecule has 0 bridgehead atoms. The minimum atomic E-state index is -0.301. The van der Waals surface area contributed by atoms with Crippen LogP contribution in [-0.2, 0) is 6.42 Å². The molecule has 3 heteroatoms. The molecule has 88 valence electrons. The highest BCUT2D eigenvalue weighted by Crippen LogP contribution is 2.30. The maximum absolute atomic E-state index is 13.6. The Hall–Kier alpha value is -0.600. The van der Waals surface area contributed by atoms with Gasteiger partial charge in [0.05, 0.1) is 6.10 Å². The Morgan fingerprint density at radius 1 is 1.31 bits per heavy atom. The van der Waals surface area contributed by atoms with Crippen molar-refractivity contribution in [2.45, 2.75) is 38.2 Å². The Kier molecular flexibility index (Phi) is 3.82. The van der Waals surface area contributed by atoms with Gasteiger partial charge in [-0.3, -0.25) is 0 Å². The Morgan fingerprint density at radius 2 is 2.06 bits per heavy atom. The zero-order chi connectivity index (χ0) is 11.5. The first-order valence-electron chi connectivity index (χ1n) is 5.79. The molecule has 0 spiro atoms. The van der Waals surface area contributed by atoms with E-state index in [-0.39, 0.29) is 17.8 Å². The molecular weight excluding hydrogens is 227 g/mol. The largest absolute Gasteiger partial charge is 0.393 e. The molecule has 0 aliphatic heterocycles. The summed E-state index contributed by atoms with van der Waals surface area (Å²) in [5, 5.41) is 10.3. The van der Waals surface area contributed by atoms with Gasteiger partial charge in [0.15, 0.2) is 0 Å². The summed E-state index contributed by atoms with van der Waals surface area (Å²) < 4.78 is 13.6. The molecule has 1 aromatic carbocycles. The minimum absolute atomic E-state index is 0.156. The van der Waals surface area contributed by atoms with E-state index >= 15 is 0 Å². The lowest BCUT2D eigenvalue weighted by atomic mass is 9.82. The van der Waals surface area contributed by atoms with Gasteiger partial charge in [0, 0.05) is 10.6 Å². The number of hydrogen-bond donors (Lipinski definition) is 1. The van der Waals surface area contributed by atoms with Gasteiger partial charge in [0.2, 0.25) is 0 Å². The first-order valence-corrected chi connectivity index (χ1v) is 6.17. The van der Waals surface area contributed by atoms with Gasteiger partial charge in [-0.15, -0.1) is 0 Å². The lowest BCUT2D eigenvalue weighted by Crippen LogP contribution is -2.26. The molecule has 2 atom stereocenters. The molecule has 0 amide bonds. The topological polar surface area (TPSA) is 20.2 Å². The highest BCUT2D eigenvalue weighted by molar-refractivity contribution is 6.31. The number of aliphatic hydroxyl groups is 1. The average Bonchev–Trinajstić information content (AvgIpc) is 2.26. The lowest BCUT2D eigenvalue weighted by molar-refractivity contribution is 0.0696. The van der Waals surface area contributed by atoms with Crippen molar-refractivity contribution in [2.75, 3.05) is 0 Å². The van der Waals surface area contributed by atoms with E-state index in [1.165, 1.54) is 6.07 Å². The smallest absolute Gasteiger partial charge is 0.127 e. The average molecular weight is 243 g/mol. The number of benzene rings is 1. The normalized spacial score (nSPS) is 25.7. The van der Waals surface area contributed by atoms with E-state index in [4.69, 9.17) is 11.6 Å². The van der Waals surface area contributed by atoms with Gasteiger partial charge in [-0.1, -0.05) is 30.5 Å². The molecule has 16 heavy (non-hydrogen) atoms. The van der Waals surface area contributed by atoms with Gasteiger partial charge < -0.3 is 5.11 Å². The van der Waals surface area contributed by atoms with Crippen LogP contribution in [-0.4, -0.2) is 11.2 Å². The van der Waals surface area contributed by atoms with Crippen LogP contribution in [0.25, 0.3) is 0 Å². The van der Waals surface area contributed by atoms with Gasteiger partial charge in [0.25, 0.3) is 0 Å². The molecule has 1 aliphatic rings. The molecule has 0 radical (unpaired) electrons. The number of halogens is 2. The second kappa shape index (κ2) is 5.15. The fourth-order valence-electron chi connectivity index (χ4n) is 2.42. The molecule has 2 unspecified atom stereocenters. The molecule has 1 saturated carbocycles. The van der Waals surface area contributed by atoms with Crippen molar-refractivity contribution in [2.24, 2.45) is 5.92 Å². The predicted octanol–water partition coefficient (Wildman–Crippen LogP) is 3.57. The first-order chi connectivity index (χ1) is 7.68. The third kappa shape index (κ3) is 2.55. The molecule has 0 saturated heterocycles. The van der Waals surface area contributed by atoms with Crippen molar-refractivity contribution >= 4 is 11.6 Å². The van der Waals surface area contributed by atoms with Gasteiger partial charge in [-0.05, 0) is 37.3 Å². The number of aliphatic hydroxyl groups excluding tert-OH is 1. The lowest BCUT2D eigenvalue weighted by Gasteiger charge is -2.27. The number of rotatable bonds is 2. The summed E-state index contributed by atoms with van der Waals surface area (Å²) in [7, 11) is 0. The third-order valence-electron chi connectivity index (χ3n) is 3.40. The van der Waals surface area contributed by atoms with Crippen LogP contribution < -0.4 is 0 Å². The second-order valence-electron chi connectivity index (χ2n) is 4.52. The zero-order valence-electron chi connectivity index (χ0n) is 9.13. The van der Waals surface area contributed by atoms with E-state index in [0.29, 0.717) is 17.0 Å². The molecule has 1 aliphatic carbocycles. The van der Waals surface area contributed by atoms with Crippen LogP contribution in [0.3, 0.4) is 0 Å². The Balaban J connectivity index is 2.13. The van der Waals surface area contributed by atoms with Crippen LogP contribution in [0.5, 0.6) is 0 Å². The molecular formula is C13H16ClFO. The first kappa shape index (κ1) is 11.9. The molecule has 1 aromatic rings.